The number of aromatic carboxylic acids is 1. The molecule has 2 aromatic rings. The van der Waals surface area contributed by atoms with Gasteiger partial charge in [0.25, 0.3) is 0 Å². The molecule has 0 radical (unpaired) electrons. The number of aliphatic hydroxyl groups is 1. The monoisotopic (exact) mass is 307 g/mol. The van der Waals surface area contributed by atoms with Crippen molar-refractivity contribution in [3.63, 3.8) is 0 Å². The summed E-state index contributed by atoms with van der Waals surface area (Å²) in [5.74, 6) is -0.349. The van der Waals surface area contributed by atoms with Crippen LogP contribution in [-0.4, -0.2) is 50.3 Å². The van der Waals surface area contributed by atoms with E-state index in [9.17, 15) is 9.90 Å². The Morgan fingerprint density at radius 3 is 2.81 bits per heavy atom. The molecule has 7 heteroatoms. The van der Waals surface area contributed by atoms with E-state index in [4.69, 9.17) is 5.11 Å². The molecule has 0 aliphatic heterocycles. The molecule has 1 aromatic carbocycles. The molecular formula is C14H17N3O3S. The van der Waals surface area contributed by atoms with Gasteiger partial charge < -0.3 is 15.5 Å². The summed E-state index contributed by atoms with van der Waals surface area (Å²) in [7, 11) is 0. The highest BCUT2D eigenvalue weighted by Gasteiger charge is 2.17. The van der Waals surface area contributed by atoms with E-state index in [-0.39, 0.29) is 23.5 Å². The number of anilines is 1. The van der Waals surface area contributed by atoms with E-state index < -0.39 is 5.97 Å². The summed E-state index contributed by atoms with van der Waals surface area (Å²) in [4.78, 5) is 19.3. The van der Waals surface area contributed by atoms with Gasteiger partial charge in [-0.3, -0.25) is 0 Å². The van der Waals surface area contributed by atoms with E-state index in [1.807, 2.05) is 13.2 Å². The van der Waals surface area contributed by atoms with Gasteiger partial charge in [0.1, 0.15) is 12.1 Å². The number of fused-ring (bicyclic) bond motifs is 1. The van der Waals surface area contributed by atoms with Crippen LogP contribution in [0.4, 0.5) is 5.82 Å². The van der Waals surface area contributed by atoms with Crippen LogP contribution >= 0.6 is 11.8 Å². The van der Waals surface area contributed by atoms with Gasteiger partial charge in [-0.25, -0.2) is 14.8 Å². The lowest BCUT2D eigenvalue weighted by atomic mass is 10.1. The fourth-order valence-electron chi connectivity index (χ4n) is 2.05. The molecule has 6 nitrogen and oxygen atoms in total. The van der Waals surface area contributed by atoms with Gasteiger partial charge in [0, 0.05) is 16.7 Å². The SMILES string of the molecule is CSC(CO)C(C)Nc1ncnc2cc(C(=O)O)ccc12. The molecule has 3 N–H and O–H groups in total. The number of nitrogens with one attached hydrogen (secondary N) is 1. The van der Waals surface area contributed by atoms with E-state index in [1.165, 1.54) is 18.5 Å². The summed E-state index contributed by atoms with van der Waals surface area (Å²) in [6.45, 7) is 2.04. The quantitative estimate of drug-likeness (QED) is 0.749. The predicted molar refractivity (Wildman–Crippen MR) is 84.0 cm³/mol. The third-order valence-electron chi connectivity index (χ3n) is 3.29. The Bertz CT molecular complexity index is 646. The zero-order chi connectivity index (χ0) is 15.4. The third kappa shape index (κ3) is 3.43. The number of rotatable bonds is 6. The molecule has 2 atom stereocenters. The van der Waals surface area contributed by atoms with Crippen LogP contribution in [0.5, 0.6) is 0 Å². The van der Waals surface area contributed by atoms with E-state index >= 15 is 0 Å². The number of carboxylic acid groups (broad SMARTS) is 1. The summed E-state index contributed by atoms with van der Waals surface area (Å²) >= 11 is 1.58. The molecule has 0 aliphatic carbocycles. The highest BCUT2D eigenvalue weighted by atomic mass is 32.2. The normalized spacial score (nSPS) is 13.9. The van der Waals surface area contributed by atoms with Gasteiger partial charge in [-0.15, -0.1) is 0 Å². The number of nitrogens with zero attached hydrogens (tertiary/aromatic N) is 2. The summed E-state index contributed by atoms with van der Waals surface area (Å²) in [5, 5.41) is 22.4. The van der Waals surface area contributed by atoms with E-state index in [2.05, 4.69) is 15.3 Å². The first kappa shape index (κ1) is 15.5. The summed E-state index contributed by atoms with van der Waals surface area (Å²) in [6, 6.07) is 4.76. The number of thioether (sulfide) groups is 1. The molecule has 0 fully saturated rings. The van der Waals surface area contributed by atoms with Crippen molar-refractivity contribution < 1.29 is 15.0 Å². The van der Waals surface area contributed by atoms with Gasteiger partial charge >= 0.3 is 5.97 Å². The van der Waals surface area contributed by atoms with Crippen LogP contribution < -0.4 is 5.32 Å². The van der Waals surface area contributed by atoms with Crippen LogP contribution in [0, 0.1) is 0 Å². The number of benzene rings is 1. The van der Waals surface area contributed by atoms with Gasteiger partial charge in [0.05, 0.1) is 17.7 Å². The Labute approximate surface area is 126 Å². The number of carboxylic acids is 1. The zero-order valence-electron chi connectivity index (χ0n) is 11.8. The maximum atomic E-state index is 11.0. The lowest BCUT2D eigenvalue weighted by molar-refractivity contribution is 0.0697. The molecule has 21 heavy (non-hydrogen) atoms. The third-order valence-corrected chi connectivity index (χ3v) is 4.45. The van der Waals surface area contributed by atoms with Crippen molar-refractivity contribution in [1.82, 2.24) is 9.97 Å². The molecule has 0 saturated heterocycles. The average Bonchev–Trinajstić information content (AvgIpc) is 2.48. The fourth-order valence-corrected chi connectivity index (χ4v) is 2.68. The second-order valence-electron chi connectivity index (χ2n) is 4.65. The first-order valence-electron chi connectivity index (χ1n) is 6.45. The van der Waals surface area contributed by atoms with E-state index in [0.717, 1.165) is 5.39 Å². The molecule has 112 valence electrons. The molecule has 1 aromatic heterocycles. The lowest BCUT2D eigenvalue weighted by Crippen LogP contribution is -2.31. The van der Waals surface area contributed by atoms with Crippen molar-refractivity contribution in [2.24, 2.45) is 0 Å². The first-order chi connectivity index (χ1) is 10.1. The summed E-state index contributed by atoms with van der Waals surface area (Å²) in [5.41, 5.74) is 0.766. The molecule has 2 rings (SSSR count). The standard InChI is InChI=1S/C14H17N3O3S/c1-8(12(6-18)21-2)17-13-10-4-3-9(14(19)20)5-11(10)15-7-16-13/h3-5,7-8,12,18H,6H2,1-2H3,(H,19,20)(H,15,16,17). The minimum atomic E-state index is -0.985. The lowest BCUT2D eigenvalue weighted by Gasteiger charge is -2.22. The Morgan fingerprint density at radius 1 is 1.43 bits per heavy atom. The highest BCUT2D eigenvalue weighted by molar-refractivity contribution is 7.99. The molecule has 2 unspecified atom stereocenters. The van der Waals surface area contributed by atoms with Crippen LogP contribution in [0.1, 0.15) is 17.3 Å². The topological polar surface area (TPSA) is 95.3 Å². The van der Waals surface area contributed by atoms with E-state index in [1.54, 1.807) is 17.8 Å². The number of hydrogen-bond donors (Lipinski definition) is 3. The average molecular weight is 307 g/mol. The van der Waals surface area contributed by atoms with Crippen molar-refractivity contribution in [1.29, 1.82) is 0 Å². The van der Waals surface area contributed by atoms with Gasteiger partial charge in [-0.1, -0.05) is 0 Å². The second kappa shape index (κ2) is 6.73. The smallest absolute Gasteiger partial charge is 0.335 e. The van der Waals surface area contributed by atoms with Crippen LogP contribution in [0.15, 0.2) is 24.5 Å². The van der Waals surface area contributed by atoms with Crippen molar-refractivity contribution in [2.75, 3.05) is 18.2 Å². The number of aliphatic hydroxyl groups excluding tert-OH is 1. The highest BCUT2D eigenvalue weighted by Crippen LogP contribution is 2.23. The number of hydrogen-bond acceptors (Lipinski definition) is 6. The number of carbonyl (C=O) groups is 1. The van der Waals surface area contributed by atoms with Crippen LogP contribution in [-0.2, 0) is 0 Å². The maximum absolute atomic E-state index is 11.0. The van der Waals surface area contributed by atoms with Gasteiger partial charge in [-0.2, -0.15) is 11.8 Å². The molecule has 0 saturated carbocycles. The minimum absolute atomic E-state index is 0.0160. The van der Waals surface area contributed by atoms with Gasteiger partial charge in [0.2, 0.25) is 0 Å². The van der Waals surface area contributed by atoms with Crippen molar-refractivity contribution in [2.45, 2.75) is 18.2 Å². The molecule has 0 spiro atoms. The second-order valence-corrected chi connectivity index (χ2v) is 5.73. The Kier molecular flexibility index (Phi) is 4.98. The first-order valence-corrected chi connectivity index (χ1v) is 7.74. The molecular weight excluding hydrogens is 290 g/mol. The van der Waals surface area contributed by atoms with Gasteiger partial charge in [0.15, 0.2) is 0 Å². The Morgan fingerprint density at radius 2 is 2.19 bits per heavy atom. The largest absolute Gasteiger partial charge is 0.478 e. The molecule has 0 amide bonds. The number of aromatic nitrogens is 2. The summed E-state index contributed by atoms with van der Waals surface area (Å²) < 4.78 is 0. The molecule has 1 heterocycles. The maximum Gasteiger partial charge on any atom is 0.335 e. The van der Waals surface area contributed by atoms with Crippen LogP contribution in [0.25, 0.3) is 10.9 Å². The Balaban J connectivity index is 2.34. The predicted octanol–water partition coefficient (Wildman–Crippen LogP) is 1.85. The van der Waals surface area contributed by atoms with E-state index in [0.29, 0.717) is 11.3 Å². The van der Waals surface area contributed by atoms with Crippen LogP contribution in [0.3, 0.4) is 0 Å². The van der Waals surface area contributed by atoms with Crippen LogP contribution in [0.2, 0.25) is 0 Å². The molecule has 0 aliphatic rings. The van der Waals surface area contributed by atoms with Gasteiger partial charge in [-0.05, 0) is 31.4 Å². The summed E-state index contributed by atoms with van der Waals surface area (Å²) in [6.07, 6.45) is 3.34. The van der Waals surface area contributed by atoms with Crippen molar-refractivity contribution in [3.05, 3.63) is 30.1 Å². The van der Waals surface area contributed by atoms with Crippen molar-refractivity contribution in [3.8, 4) is 0 Å². The molecule has 0 bridgehead atoms. The fraction of sp³-hybridized carbons (Fsp3) is 0.357. The zero-order valence-corrected chi connectivity index (χ0v) is 12.6. The Hall–Kier alpha value is -1.86. The van der Waals surface area contributed by atoms with Crippen molar-refractivity contribution >= 4 is 34.5 Å². The minimum Gasteiger partial charge on any atom is -0.478 e.